The Bertz CT molecular complexity index is 544. The van der Waals surface area contributed by atoms with Crippen LogP contribution < -0.4 is 4.73 Å². The summed E-state index contributed by atoms with van der Waals surface area (Å²) in [7, 11) is 0. The number of pyridine rings is 1. The summed E-state index contributed by atoms with van der Waals surface area (Å²) in [5, 5.41) is 23.3. The van der Waals surface area contributed by atoms with Crippen molar-refractivity contribution in [2.75, 3.05) is 0 Å². The normalized spacial score (nSPS) is 21.4. The van der Waals surface area contributed by atoms with E-state index in [2.05, 4.69) is 0 Å². The van der Waals surface area contributed by atoms with Crippen molar-refractivity contribution in [2.24, 2.45) is 0 Å². The monoisotopic (exact) mass is 250 g/mol. The third-order valence-electron chi connectivity index (χ3n) is 3.96. The molecule has 0 fully saturated rings. The van der Waals surface area contributed by atoms with E-state index in [1.807, 2.05) is 0 Å². The highest BCUT2D eigenvalue weighted by Crippen LogP contribution is 2.34. The van der Waals surface area contributed by atoms with Crippen LogP contribution in [-0.4, -0.2) is 26.4 Å². The van der Waals surface area contributed by atoms with Gasteiger partial charge in [-0.25, -0.2) is 0 Å². The Morgan fingerprint density at radius 3 is 1.89 bits per heavy atom. The molecule has 0 spiro atoms. The second-order valence-corrected chi connectivity index (χ2v) is 5.48. The molecule has 0 saturated carbocycles. The lowest BCUT2D eigenvalue weighted by Gasteiger charge is -2.22. The van der Waals surface area contributed by atoms with Gasteiger partial charge in [0.25, 0.3) is 5.54 Å². The third kappa shape index (κ3) is 1.41. The van der Waals surface area contributed by atoms with Gasteiger partial charge in [-0.3, -0.25) is 0 Å². The van der Waals surface area contributed by atoms with Gasteiger partial charge in [0.05, 0.1) is 0 Å². The maximum atomic E-state index is 12.3. The lowest BCUT2D eigenvalue weighted by atomic mass is 9.84. The Balaban J connectivity index is 2.61. The van der Waals surface area contributed by atoms with Crippen LogP contribution in [0.5, 0.6) is 0 Å². The Hall–Kier alpha value is -1.98. The van der Waals surface area contributed by atoms with E-state index >= 15 is 0 Å². The van der Waals surface area contributed by atoms with Crippen molar-refractivity contribution in [3.05, 3.63) is 45.4 Å². The fourth-order valence-electron chi connectivity index (χ4n) is 1.91. The smallest absolute Gasteiger partial charge is 0.505 e. The fourth-order valence-corrected chi connectivity index (χ4v) is 1.91. The van der Waals surface area contributed by atoms with E-state index in [0.29, 0.717) is 10.3 Å². The van der Waals surface area contributed by atoms with Crippen LogP contribution in [0.3, 0.4) is 0 Å². The second-order valence-electron chi connectivity index (χ2n) is 5.48. The van der Waals surface area contributed by atoms with Crippen LogP contribution in [0.15, 0.2) is 24.5 Å². The zero-order valence-corrected chi connectivity index (χ0v) is 10.9. The molecule has 6 nitrogen and oxygen atoms in total. The molecule has 2 rings (SSSR count). The molecule has 1 aromatic rings. The molecule has 0 atom stereocenters. The average molecular weight is 250 g/mol. The SMILES string of the molecule is CC1(C)[N+](=O)C(c2cc[n+]([O-])cc2)=[N+]([O-])C1(C)C. The van der Waals surface area contributed by atoms with Crippen molar-refractivity contribution in [1.29, 1.82) is 0 Å². The maximum Gasteiger partial charge on any atom is 0.505 e. The maximum absolute atomic E-state index is 12.3. The Morgan fingerprint density at radius 2 is 1.50 bits per heavy atom. The average Bonchev–Trinajstić information content (AvgIpc) is 2.41. The molecule has 0 saturated heterocycles. The van der Waals surface area contributed by atoms with Crippen LogP contribution in [0.1, 0.15) is 33.3 Å². The van der Waals surface area contributed by atoms with E-state index in [4.69, 9.17) is 0 Å². The summed E-state index contributed by atoms with van der Waals surface area (Å²) in [6.07, 6.45) is 2.53. The first-order valence-corrected chi connectivity index (χ1v) is 5.70. The van der Waals surface area contributed by atoms with E-state index < -0.39 is 11.1 Å². The summed E-state index contributed by atoms with van der Waals surface area (Å²) < 4.78 is 2.06. The van der Waals surface area contributed by atoms with Gasteiger partial charge in [-0.05, 0) is 0 Å². The highest BCUT2D eigenvalue weighted by Gasteiger charge is 2.68. The van der Waals surface area contributed by atoms with Crippen LogP contribution >= 0.6 is 0 Å². The molecule has 6 heteroatoms. The van der Waals surface area contributed by atoms with Gasteiger partial charge in [0.1, 0.15) is 10.3 Å². The predicted molar refractivity (Wildman–Crippen MR) is 64.9 cm³/mol. The minimum atomic E-state index is -0.840. The molecule has 0 aliphatic carbocycles. The molecule has 0 unspecified atom stereocenters. The topological polar surface area (TPSA) is 73.1 Å². The van der Waals surface area contributed by atoms with E-state index in [1.165, 1.54) is 24.5 Å². The molecule has 1 aromatic heterocycles. The second kappa shape index (κ2) is 3.51. The van der Waals surface area contributed by atoms with E-state index in [1.54, 1.807) is 27.7 Å². The Labute approximate surface area is 105 Å². The number of hydroxylamine groups is 1. The quantitative estimate of drug-likeness (QED) is 0.549. The molecular weight excluding hydrogens is 234 g/mol. The first-order valence-electron chi connectivity index (χ1n) is 5.70. The number of nitroso groups, excluding NO2 is 1. The minimum absolute atomic E-state index is 0.0469. The van der Waals surface area contributed by atoms with Crippen LogP contribution in [-0.2, 0) is 0 Å². The standard InChI is InChI=1S/C12H16N3O3/c1-11(2)12(3,4)15(18)10(14(11)17)9-5-7-13(16)8-6-9/h5-8H,1-4H3/q+1. The number of nitrogens with zero attached hydrogens (tertiary/aromatic N) is 3. The van der Waals surface area contributed by atoms with E-state index in [9.17, 15) is 15.3 Å². The molecule has 18 heavy (non-hydrogen) atoms. The Kier molecular flexibility index (Phi) is 2.43. The minimum Gasteiger partial charge on any atom is -0.619 e. The van der Waals surface area contributed by atoms with Crippen molar-refractivity contribution in [3.8, 4) is 0 Å². The van der Waals surface area contributed by atoms with E-state index in [0.717, 1.165) is 9.50 Å². The largest absolute Gasteiger partial charge is 0.619 e. The molecular formula is C12H16N3O3+. The van der Waals surface area contributed by atoms with Gasteiger partial charge in [-0.1, -0.05) is 0 Å². The Morgan fingerprint density at radius 1 is 1.00 bits per heavy atom. The van der Waals surface area contributed by atoms with Crippen molar-refractivity contribution in [2.45, 2.75) is 38.8 Å². The van der Waals surface area contributed by atoms with Crippen LogP contribution in [0.2, 0.25) is 0 Å². The van der Waals surface area contributed by atoms with Gasteiger partial charge in [0, 0.05) is 44.7 Å². The number of rotatable bonds is 1. The molecule has 0 aromatic carbocycles. The van der Waals surface area contributed by atoms with Crippen molar-refractivity contribution >= 4 is 5.84 Å². The molecule has 2 heterocycles. The van der Waals surface area contributed by atoms with Crippen LogP contribution in [0.25, 0.3) is 0 Å². The van der Waals surface area contributed by atoms with Crippen molar-refractivity contribution in [1.82, 2.24) is 0 Å². The lowest BCUT2D eigenvalue weighted by Crippen LogP contribution is -2.50. The fraction of sp³-hybridized carbons (Fsp3) is 0.500. The van der Waals surface area contributed by atoms with Crippen molar-refractivity contribution < 1.29 is 14.2 Å². The summed E-state index contributed by atoms with van der Waals surface area (Å²) in [4.78, 5) is 12.3. The van der Waals surface area contributed by atoms with Gasteiger partial charge in [0.15, 0.2) is 12.4 Å². The van der Waals surface area contributed by atoms with Gasteiger partial charge >= 0.3 is 5.84 Å². The van der Waals surface area contributed by atoms with Gasteiger partial charge in [-0.2, -0.15) is 4.73 Å². The zero-order chi connectivity index (χ0) is 13.7. The first-order chi connectivity index (χ1) is 8.19. The van der Waals surface area contributed by atoms with Crippen molar-refractivity contribution in [3.63, 3.8) is 0 Å². The zero-order valence-electron chi connectivity index (χ0n) is 10.9. The van der Waals surface area contributed by atoms with Gasteiger partial charge < -0.3 is 10.4 Å². The number of aromatic nitrogens is 1. The van der Waals surface area contributed by atoms with Gasteiger partial charge in [0.2, 0.25) is 5.54 Å². The molecule has 96 valence electrons. The summed E-state index contributed by atoms with van der Waals surface area (Å²) in [6, 6.07) is 2.94. The van der Waals surface area contributed by atoms with Crippen LogP contribution in [0, 0.1) is 15.3 Å². The lowest BCUT2D eigenvalue weighted by molar-refractivity contribution is -0.605. The number of hydrogen-bond acceptors (Lipinski definition) is 3. The molecule has 0 bridgehead atoms. The molecule has 1 aliphatic heterocycles. The summed E-state index contributed by atoms with van der Waals surface area (Å²) in [5.41, 5.74) is -1.23. The molecule has 0 amide bonds. The summed E-state index contributed by atoms with van der Waals surface area (Å²) >= 11 is 0. The van der Waals surface area contributed by atoms with Crippen LogP contribution in [0.4, 0.5) is 0 Å². The summed E-state index contributed by atoms with van der Waals surface area (Å²) in [6.45, 7) is 6.92. The van der Waals surface area contributed by atoms with Gasteiger partial charge in [-0.15, -0.1) is 4.74 Å². The predicted octanol–water partition coefficient (Wildman–Crippen LogP) is 0.927. The molecule has 1 aliphatic rings. The third-order valence-corrected chi connectivity index (χ3v) is 3.96. The highest BCUT2D eigenvalue weighted by molar-refractivity contribution is 5.89. The number of hydrogen-bond donors (Lipinski definition) is 0. The number of amidine groups is 1. The molecule has 0 N–H and O–H groups in total. The molecule has 0 radical (unpaired) electrons. The highest BCUT2D eigenvalue weighted by atomic mass is 16.5. The van der Waals surface area contributed by atoms with E-state index in [-0.39, 0.29) is 5.84 Å². The summed E-state index contributed by atoms with van der Waals surface area (Å²) in [5.74, 6) is 0.0469. The first kappa shape index (κ1) is 12.5.